The average Bonchev–Trinajstić information content (AvgIpc) is 3.19. The monoisotopic (exact) mass is 317 g/mol. The second kappa shape index (κ2) is 6.60. The first kappa shape index (κ1) is 15.8. The van der Waals surface area contributed by atoms with Crippen molar-refractivity contribution in [2.24, 2.45) is 0 Å². The molecule has 3 atom stereocenters. The fourth-order valence-corrected chi connectivity index (χ4v) is 2.59. The minimum Gasteiger partial charge on any atom is -0.454 e. The van der Waals surface area contributed by atoms with Crippen LogP contribution in [-0.4, -0.2) is 34.3 Å². The molecule has 0 saturated carbocycles. The first-order chi connectivity index (χ1) is 11.0. The molecule has 0 saturated heterocycles. The topological polar surface area (TPSA) is 68.5 Å². The number of aryl methyl sites for hydroxylation is 1. The standard InChI is InChI=1S/C17H23N3O3/c1-11-7-19-20(9-11)13(3)12(2)18-8-15(21)14-4-5-16-17(6-14)23-10-22-16/h4-7,9,12-13,15,18,21H,8,10H2,1-3H3/t12-,13-,15+/m1/s1. The highest BCUT2D eigenvalue weighted by Gasteiger charge is 2.19. The number of aliphatic hydroxyl groups excluding tert-OH is 1. The number of rotatable bonds is 6. The summed E-state index contributed by atoms with van der Waals surface area (Å²) in [4.78, 5) is 0. The molecule has 2 N–H and O–H groups in total. The van der Waals surface area contributed by atoms with Crippen LogP contribution in [0.5, 0.6) is 11.5 Å². The summed E-state index contributed by atoms with van der Waals surface area (Å²) in [5, 5.41) is 18.1. The van der Waals surface area contributed by atoms with Crippen LogP contribution >= 0.6 is 0 Å². The lowest BCUT2D eigenvalue weighted by atomic mass is 10.1. The first-order valence-electron chi connectivity index (χ1n) is 7.86. The molecular formula is C17H23N3O3. The molecule has 0 bridgehead atoms. The molecule has 0 fully saturated rings. The highest BCUT2D eigenvalue weighted by Crippen LogP contribution is 2.34. The minimum atomic E-state index is -0.599. The summed E-state index contributed by atoms with van der Waals surface area (Å²) in [6.07, 6.45) is 3.28. The van der Waals surface area contributed by atoms with Crippen LogP contribution in [-0.2, 0) is 0 Å². The van der Waals surface area contributed by atoms with E-state index in [0.29, 0.717) is 12.3 Å². The summed E-state index contributed by atoms with van der Waals surface area (Å²) in [6, 6.07) is 5.91. The third-order valence-corrected chi connectivity index (χ3v) is 4.29. The quantitative estimate of drug-likeness (QED) is 0.855. The third-order valence-electron chi connectivity index (χ3n) is 4.29. The number of aromatic nitrogens is 2. The van der Waals surface area contributed by atoms with E-state index in [2.05, 4.69) is 24.3 Å². The van der Waals surface area contributed by atoms with Crippen LogP contribution in [0.25, 0.3) is 0 Å². The van der Waals surface area contributed by atoms with E-state index in [4.69, 9.17) is 9.47 Å². The van der Waals surface area contributed by atoms with Gasteiger partial charge in [0, 0.05) is 18.8 Å². The number of nitrogens with zero attached hydrogens (tertiary/aromatic N) is 2. The van der Waals surface area contributed by atoms with Gasteiger partial charge >= 0.3 is 0 Å². The van der Waals surface area contributed by atoms with Gasteiger partial charge in [-0.05, 0) is 44.0 Å². The van der Waals surface area contributed by atoms with Crippen molar-refractivity contribution in [1.82, 2.24) is 15.1 Å². The van der Waals surface area contributed by atoms with E-state index in [-0.39, 0.29) is 18.9 Å². The van der Waals surface area contributed by atoms with Crippen LogP contribution in [0.3, 0.4) is 0 Å². The van der Waals surface area contributed by atoms with E-state index in [1.54, 1.807) is 0 Å². The van der Waals surface area contributed by atoms with Gasteiger partial charge in [-0.1, -0.05) is 6.07 Å². The first-order valence-corrected chi connectivity index (χ1v) is 7.86. The van der Waals surface area contributed by atoms with Gasteiger partial charge in [0.1, 0.15) is 0 Å². The minimum absolute atomic E-state index is 0.179. The fourth-order valence-electron chi connectivity index (χ4n) is 2.59. The van der Waals surface area contributed by atoms with Crippen LogP contribution in [0.1, 0.15) is 37.1 Å². The molecular weight excluding hydrogens is 294 g/mol. The maximum Gasteiger partial charge on any atom is 0.231 e. The van der Waals surface area contributed by atoms with Gasteiger partial charge in [0.15, 0.2) is 11.5 Å². The number of hydrogen-bond acceptors (Lipinski definition) is 5. The van der Waals surface area contributed by atoms with Crippen molar-refractivity contribution < 1.29 is 14.6 Å². The van der Waals surface area contributed by atoms with E-state index in [9.17, 15) is 5.11 Å². The Labute approximate surface area is 136 Å². The summed E-state index contributed by atoms with van der Waals surface area (Å²) in [5.74, 6) is 1.42. The largest absolute Gasteiger partial charge is 0.454 e. The third kappa shape index (κ3) is 3.48. The number of benzene rings is 1. The number of aliphatic hydroxyl groups is 1. The molecule has 1 aliphatic rings. The highest BCUT2D eigenvalue weighted by atomic mass is 16.7. The highest BCUT2D eigenvalue weighted by molar-refractivity contribution is 5.45. The average molecular weight is 317 g/mol. The predicted molar refractivity (Wildman–Crippen MR) is 86.7 cm³/mol. The van der Waals surface area contributed by atoms with E-state index in [1.807, 2.05) is 42.2 Å². The van der Waals surface area contributed by atoms with Crippen LogP contribution in [0.4, 0.5) is 0 Å². The molecule has 124 valence electrons. The van der Waals surface area contributed by atoms with Crippen LogP contribution < -0.4 is 14.8 Å². The molecule has 0 aliphatic carbocycles. The Bertz CT molecular complexity index is 671. The summed E-state index contributed by atoms with van der Waals surface area (Å²) in [5.41, 5.74) is 1.96. The summed E-state index contributed by atoms with van der Waals surface area (Å²) in [7, 11) is 0. The molecule has 2 aromatic rings. The van der Waals surface area contributed by atoms with Crippen molar-refractivity contribution in [1.29, 1.82) is 0 Å². The Hall–Kier alpha value is -2.05. The molecule has 0 spiro atoms. The lowest BCUT2D eigenvalue weighted by Crippen LogP contribution is -2.36. The van der Waals surface area contributed by atoms with Gasteiger partial charge in [-0.25, -0.2) is 0 Å². The Morgan fingerprint density at radius 1 is 1.30 bits per heavy atom. The molecule has 3 rings (SSSR count). The molecule has 2 heterocycles. The lowest BCUT2D eigenvalue weighted by Gasteiger charge is -2.23. The SMILES string of the molecule is Cc1cnn([C@H](C)[C@@H](C)NC[C@H](O)c2ccc3c(c2)OCO3)c1. The van der Waals surface area contributed by atoms with Crippen LogP contribution in [0, 0.1) is 6.92 Å². The molecule has 1 aliphatic heterocycles. The fraction of sp³-hybridized carbons (Fsp3) is 0.471. The number of hydrogen-bond donors (Lipinski definition) is 2. The molecule has 6 nitrogen and oxygen atoms in total. The number of fused-ring (bicyclic) bond motifs is 1. The molecule has 1 aromatic carbocycles. The Morgan fingerprint density at radius 3 is 2.83 bits per heavy atom. The van der Waals surface area contributed by atoms with E-state index in [0.717, 1.165) is 16.9 Å². The molecule has 0 unspecified atom stereocenters. The van der Waals surface area contributed by atoms with E-state index >= 15 is 0 Å². The van der Waals surface area contributed by atoms with Crippen molar-refractivity contribution in [3.8, 4) is 11.5 Å². The van der Waals surface area contributed by atoms with Crippen molar-refractivity contribution in [2.45, 2.75) is 39.0 Å². The van der Waals surface area contributed by atoms with Gasteiger partial charge in [0.25, 0.3) is 0 Å². The van der Waals surface area contributed by atoms with Crippen molar-refractivity contribution in [3.05, 3.63) is 41.7 Å². The maximum absolute atomic E-state index is 10.4. The summed E-state index contributed by atoms with van der Waals surface area (Å²) >= 11 is 0. The number of ether oxygens (including phenoxy) is 2. The molecule has 0 radical (unpaired) electrons. The molecule has 0 amide bonds. The maximum atomic E-state index is 10.4. The molecule has 23 heavy (non-hydrogen) atoms. The van der Waals surface area contributed by atoms with Gasteiger partial charge in [-0.2, -0.15) is 5.10 Å². The molecule has 6 heteroatoms. The van der Waals surface area contributed by atoms with E-state index < -0.39 is 6.10 Å². The van der Waals surface area contributed by atoms with Crippen LogP contribution in [0.15, 0.2) is 30.6 Å². The van der Waals surface area contributed by atoms with Gasteiger partial charge in [0.05, 0.1) is 18.3 Å². The zero-order chi connectivity index (χ0) is 16.4. The zero-order valence-electron chi connectivity index (χ0n) is 13.7. The van der Waals surface area contributed by atoms with Crippen molar-refractivity contribution in [2.75, 3.05) is 13.3 Å². The van der Waals surface area contributed by atoms with Gasteiger partial charge in [0.2, 0.25) is 6.79 Å². The lowest BCUT2D eigenvalue weighted by molar-refractivity contribution is 0.164. The van der Waals surface area contributed by atoms with Gasteiger partial charge < -0.3 is 19.9 Å². The van der Waals surface area contributed by atoms with Crippen molar-refractivity contribution in [3.63, 3.8) is 0 Å². The van der Waals surface area contributed by atoms with Crippen LogP contribution in [0.2, 0.25) is 0 Å². The number of nitrogens with one attached hydrogen (secondary N) is 1. The normalized spacial score (nSPS) is 17.0. The predicted octanol–water partition coefficient (Wildman–Crippen LogP) is 2.19. The Morgan fingerprint density at radius 2 is 2.09 bits per heavy atom. The smallest absolute Gasteiger partial charge is 0.231 e. The van der Waals surface area contributed by atoms with Crippen molar-refractivity contribution >= 4 is 0 Å². The Balaban J connectivity index is 1.57. The van der Waals surface area contributed by atoms with Gasteiger partial charge in [-0.3, -0.25) is 4.68 Å². The second-order valence-electron chi connectivity index (χ2n) is 6.06. The summed E-state index contributed by atoms with van der Waals surface area (Å²) in [6.45, 7) is 6.93. The zero-order valence-corrected chi connectivity index (χ0v) is 13.7. The van der Waals surface area contributed by atoms with E-state index in [1.165, 1.54) is 0 Å². The molecule has 1 aromatic heterocycles. The Kier molecular flexibility index (Phi) is 4.54. The summed E-state index contributed by atoms with van der Waals surface area (Å²) < 4.78 is 12.6. The second-order valence-corrected chi connectivity index (χ2v) is 6.06. The van der Waals surface area contributed by atoms with Gasteiger partial charge in [-0.15, -0.1) is 0 Å².